The topological polar surface area (TPSA) is 58.3 Å². The fraction of sp³-hybridized carbons (Fsp3) is 0.667. The first kappa shape index (κ1) is 10.1. The van der Waals surface area contributed by atoms with Crippen LogP contribution in [0.3, 0.4) is 0 Å². The normalized spacial score (nSPS) is 18.7. The minimum absolute atomic E-state index is 0.0106. The molecule has 0 aliphatic carbocycles. The number of nitrogens with one attached hydrogen (secondary N) is 1. The van der Waals surface area contributed by atoms with Gasteiger partial charge in [-0.25, -0.2) is 0 Å². The minimum atomic E-state index is -0.0106. The molecule has 0 amide bonds. The van der Waals surface area contributed by atoms with Gasteiger partial charge in [-0.3, -0.25) is 0 Å². The number of piperidine rings is 1. The number of aliphatic hydroxyl groups excluding tert-OH is 1. The molecule has 4 nitrogen and oxygen atoms in total. The van der Waals surface area contributed by atoms with E-state index in [9.17, 15) is 5.11 Å². The Morgan fingerprint density at radius 1 is 1.50 bits per heavy atom. The SMILES string of the molecule is OCc1c(Br)noc1C1CCNCC1. The molecule has 0 spiro atoms. The summed E-state index contributed by atoms with van der Waals surface area (Å²) in [4.78, 5) is 0. The van der Waals surface area contributed by atoms with Crippen molar-refractivity contribution in [3.8, 4) is 0 Å². The Morgan fingerprint density at radius 2 is 2.21 bits per heavy atom. The number of halogens is 1. The van der Waals surface area contributed by atoms with E-state index in [0.29, 0.717) is 10.5 Å². The predicted molar refractivity (Wildman–Crippen MR) is 55.0 cm³/mol. The van der Waals surface area contributed by atoms with Gasteiger partial charge in [-0.2, -0.15) is 0 Å². The van der Waals surface area contributed by atoms with Gasteiger partial charge in [0, 0.05) is 5.92 Å². The van der Waals surface area contributed by atoms with Crippen molar-refractivity contribution in [3.05, 3.63) is 15.9 Å². The zero-order chi connectivity index (χ0) is 9.97. The van der Waals surface area contributed by atoms with Crippen LogP contribution in [0.1, 0.15) is 30.1 Å². The lowest BCUT2D eigenvalue weighted by Gasteiger charge is -2.20. The summed E-state index contributed by atoms with van der Waals surface area (Å²) in [5, 5.41) is 16.3. The molecule has 0 atom stereocenters. The van der Waals surface area contributed by atoms with Gasteiger partial charge in [0.1, 0.15) is 5.76 Å². The van der Waals surface area contributed by atoms with E-state index in [1.165, 1.54) is 0 Å². The third-order valence-corrected chi connectivity index (χ3v) is 3.26. The van der Waals surface area contributed by atoms with Gasteiger partial charge in [0.05, 0.1) is 12.2 Å². The van der Waals surface area contributed by atoms with E-state index >= 15 is 0 Å². The number of aliphatic hydroxyl groups is 1. The quantitative estimate of drug-likeness (QED) is 0.844. The molecule has 0 saturated carbocycles. The summed E-state index contributed by atoms with van der Waals surface area (Å²) < 4.78 is 5.87. The van der Waals surface area contributed by atoms with E-state index in [2.05, 4.69) is 26.4 Å². The molecule has 5 heteroatoms. The lowest BCUT2D eigenvalue weighted by Crippen LogP contribution is -2.26. The van der Waals surface area contributed by atoms with E-state index in [1.807, 2.05) is 0 Å². The Hall–Kier alpha value is -0.390. The molecule has 14 heavy (non-hydrogen) atoms. The molecule has 1 aromatic rings. The van der Waals surface area contributed by atoms with Gasteiger partial charge < -0.3 is 14.9 Å². The van der Waals surface area contributed by atoms with Gasteiger partial charge in [0.15, 0.2) is 4.60 Å². The molecule has 1 aliphatic rings. The first-order chi connectivity index (χ1) is 6.83. The Bertz CT molecular complexity index is 308. The maximum atomic E-state index is 9.17. The summed E-state index contributed by atoms with van der Waals surface area (Å²) >= 11 is 3.26. The van der Waals surface area contributed by atoms with E-state index in [1.54, 1.807) is 0 Å². The highest BCUT2D eigenvalue weighted by molar-refractivity contribution is 9.10. The summed E-state index contributed by atoms with van der Waals surface area (Å²) in [6.07, 6.45) is 2.10. The van der Waals surface area contributed by atoms with E-state index < -0.39 is 0 Å². The molecular formula is C9H13BrN2O2. The van der Waals surface area contributed by atoms with Crippen molar-refractivity contribution < 1.29 is 9.63 Å². The maximum absolute atomic E-state index is 9.17. The fourth-order valence-corrected chi connectivity index (χ4v) is 2.24. The highest BCUT2D eigenvalue weighted by Crippen LogP contribution is 2.31. The van der Waals surface area contributed by atoms with Crippen LogP contribution in [0.15, 0.2) is 9.13 Å². The van der Waals surface area contributed by atoms with Crippen LogP contribution in [-0.2, 0) is 6.61 Å². The summed E-state index contributed by atoms with van der Waals surface area (Å²) in [7, 11) is 0. The Balaban J connectivity index is 2.21. The first-order valence-corrected chi connectivity index (χ1v) is 5.57. The molecule has 2 heterocycles. The van der Waals surface area contributed by atoms with Crippen LogP contribution >= 0.6 is 15.9 Å². The molecule has 1 aliphatic heterocycles. The van der Waals surface area contributed by atoms with Gasteiger partial charge in [-0.15, -0.1) is 0 Å². The van der Waals surface area contributed by atoms with Gasteiger partial charge >= 0.3 is 0 Å². The molecule has 0 bridgehead atoms. The standard InChI is InChI=1S/C9H13BrN2O2/c10-9-7(5-13)8(14-12-9)6-1-3-11-4-2-6/h6,11,13H,1-5H2. The highest BCUT2D eigenvalue weighted by Gasteiger charge is 2.24. The van der Waals surface area contributed by atoms with Gasteiger partial charge in [-0.05, 0) is 41.9 Å². The van der Waals surface area contributed by atoms with Crippen LogP contribution in [0.4, 0.5) is 0 Å². The van der Waals surface area contributed by atoms with Crippen LogP contribution in [0.5, 0.6) is 0 Å². The zero-order valence-corrected chi connectivity index (χ0v) is 9.38. The number of aromatic nitrogens is 1. The number of rotatable bonds is 2. The third kappa shape index (κ3) is 1.85. The number of hydrogen-bond acceptors (Lipinski definition) is 4. The second-order valence-corrected chi connectivity index (χ2v) is 4.25. The average molecular weight is 261 g/mol. The monoisotopic (exact) mass is 260 g/mol. The van der Waals surface area contributed by atoms with Crippen molar-refractivity contribution in [2.75, 3.05) is 13.1 Å². The molecule has 1 aromatic heterocycles. The lowest BCUT2D eigenvalue weighted by molar-refractivity contribution is 0.270. The lowest BCUT2D eigenvalue weighted by atomic mass is 9.93. The Morgan fingerprint density at radius 3 is 2.86 bits per heavy atom. The molecule has 0 aromatic carbocycles. The van der Waals surface area contributed by atoms with Crippen LogP contribution < -0.4 is 5.32 Å². The van der Waals surface area contributed by atoms with Crippen molar-refractivity contribution in [1.82, 2.24) is 10.5 Å². The smallest absolute Gasteiger partial charge is 0.155 e. The largest absolute Gasteiger partial charge is 0.391 e. The molecular weight excluding hydrogens is 248 g/mol. The van der Waals surface area contributed by atoms with Crippen LogP contribution in [0.2, 0.25) is 0 Å². The predicted octanol–water partition coefficient (Wildman–Crippen LogP) is 1.40. The minimum Gasteiger partial charge on any atom is -0.391 e. The average Bonchev–Trinajstić information content (AvgIpc) is 2.61. The van der Waals surface area contributed by atoms with Crippen LogP contribution in [0, 0.1) is 0 Å². The number of hydrogen-bond donors (Lipinski definition) is 2. The summed E-state index contributed by atoms with van der Waals surface area (Å²) in [5.74, 6) is 1.25. The summed E-state index contributed by atoms with van der Waals surface area (Å²) in [6, 6.07) is 0. The van der Waals surface area contributed by atoms with Gasteiger partial charge in [0.2, 0.25) is 0 Å². The van der Waals surface area contributed by atoms with Crippen molar-refractivity contribution in [2.24, 2.45) is 0 Å². The van der Waals surface area contributed by atoms with Crippen molar-refractivity contribution in [1.29, 1.82) is 0 Å². The molecule has 2 N–H and O–H groups in total. The van der Waals surface area contributed by atoms with Crippen molar-refractivity contribution in [3.63, 3.8) is 0 Å². The molecule has 1 saturated heterocycles. The van der Waals surface area contributed by atoms with Gasteiger partial charge in [0.25, 0.3) is 0 Å². The summed E-state index contributed by atoms with van der Waals surface area (Å²) in [5.41, 5.74) is 0.803. The first-order valence-electron chi connectivity index (χ1n) is 4.78. The molecule has 2 rings (SSSR count). The van der Waals surface area contributed by atoms with Gasteiger partial charge in [-0.1, -0.05) is 5.16 Å². The Labute approximate surface area is 90.8 Å². The number of nitrogens with zero attached hydrogens (tertiary/aromatic N) is 1. The van der Waals surface area contributed by atoms with Crippen molar-refractivity contribution >= 4 is 15.9 Å². The van der Waals surface area contributed by atoms with Crippen LogP contribution in [-0.4, -0.2) is 23.4 Å². The van der Waals surface area contributed by atoms with E-state index in [4.69, 9.17) is 4.52 Å². The molecule has 0 radical (unpaired) electrons. The maximum Gasteiger partial charge on any atom is 0.155 e. The second-order valence-electron chi connectivity index (χ2n) is 3.50. The van der Waals surface area contributed by atoms with E-state index in [-0.39, 0.29) is 6.61 Å². The second kappa shape index (κ2) is 4.42. The Kier molecular flexibility index (Phi) is 3.20. The zero-order valence-electron chi connectivity index (χ0n) is 7.79. The molecule has 0 unspecified atom stereocenters. The fourth-order valence-electron chi connectivity index (χ4n) is 1.85. The molecule has 1 fully saturated rings. The van der Waals surface area contributed by atoms with E-state index in [0.717, 1.165) is 37.3 Å². The van der Waals surface area contributed by atoms with Crippen molar-refractivity contribution in [2.45, 2.75) is 25.4 Å². The third-order valence-electron chi connectivity index (χ3n) is 2.64. The molecule has 78 valence electrons. The summed E-state index contributed by atoms with van der Waals surface area (Å²) in [6.45, 7) is 2.01. The van der Waals surface area contributed by atoms with Crippen LogP contribution in [0.25, 0.3) is 0 Å². The highest BCUT2D eigenvalue weighted by atomic mass is 79.9.